The quantitative estimate of drug-likeness (QED) is 0.580. The van der Waals surface area contributed by atoms with E-state index in [-0.39, 0.29) is 0 Å². The zero-order valence-corrected chi connectivity index (χ0v) is 8.49. The molecule has 0 aromatic rings. The van der Waals surface area contributed by atoms with Gasteiger partial charge in [0.15, 0.2) is 0 Å². The van der Waals surface area contributed by atoms with Crippen LogP contribution in [-0.4, -0.2) is 24.1 Å². The van der Waals surface area contributed by atoms with E-state index >= 15 is 0 Å². The van der Waals surface area contributed by atoms with Crippen molar-refractivity contribution in [1.29, 1.82) is 0 Å². The first-order valence-electron chi connectivity index (χ1n) is 3.31. The Morgan fingerprint density at radius 1 is 1.60 bits per heavy atom. The van der Waals surface area contributed by atoms with Crippen molar-refractivity contribution in [3.05, 3.63) is 11.5 Å². The van der Waals surface area contributed by atoms with Gasteiger partial charge in [-0.15, -0.1) is 11.8 Å². The third kappa shape index (κ3) is 6.43. The minimum absolute atomic E-state index is 0.366. The summed E-state index contributed by atoms with van der Waals surface area (Å²) in [6, 6.07) is 0. The molecule has 0 heterocycles. The van der Waals surface area contributed by atoms with Crippen molar-refractivity contribution in [2.45, 2.75) is 12.8 Å². The highest BCUT2D eigenvalue weighted by Crippen LogP contribution is 2.17. The summed E-state index contributed by atoms with van der Waals surface area (Å²) >= 11 is 1.76. The van der Waals surface area contributed by atoms with Gasteiger partial charge in [-0.1, -0.05) is 12.4 Å². The number of rotatable bonds is 5. The van der Waals surface area contributed by atoms with E-state index in [1.807, 2.05) is 0 Å². The molecule has 0 N–H and O–H groups in total. The van der Waals surface area contributed by atoms with Gasteiger partial charge in [0, 0.05) is 0 Å². The van der Waals surface area contributed by atoms with Crippen LogP contribution in [0.1, 0.15) is 12.8 Å². The van der Waals surface area contributed by atoms with Crippen molar-refractivity contribution >= 4 is 28.1 Å². The number of hydrogen-bond donors (Lipinski definition) is 0. The molecule has 0 saturated carbocycles. The molecule has 0 spiro atoms. The first-order valence-corrected chi connectivity index (χ1v) is 6.50. The normalized spacial score (nSPS) is 13.0. The second-order valence-electron chi connectivity index (χ2n) is 2.33. The minimum atomic E-state index is 0.366. The van der Waals surface area contributed by atoms with Gasteiger partial charge < -0.3 is 0 Å². The van der Waals surface area contributed by atoms with Crippen LogP contribution in [0.5, 0.6) is 0 Å². The molecule has 1 atom stereocenters. The van der Waals surface area contributed by atoms with Crippen molar-refractivity contribution in [3.8, 4) is 0 Å². The van der Waals surface area contributed by atoms with Gasteiger partial charge >= 0.3 is 0 Å². The summed E-state index contributed by atoms with van der Waals surface area (Å²) in [4.78, 5) is 1.30. The lowest BCUT2D eigenvalue weighted by Crippen LogP contribution is -1.81. The van der Waals surface area contributed by atoms with E-state index < -0.39 is 0 Å². The van der Waals surface area contributed by atoms with Gasteiger partial charge in [0.25, 0.3) is 0 Å². The predicted octanol–water partition coefficient (Wildman–Crippen LogP) is 2.97. The SMILES string of the molecule is C=C(CCCS(=C)C)SC. The molecule has 0 aliphatic carbocycles. The van der Waals surface area contributed by atoms with Crippen molar-refractivity contribution in [2.75, 3.05) is 18.3 Å². The Hall–Kier alpha value is 0.310. The summed E-state index contributed by atoms with van der Waals surface area (Å²) in [6.07, 6.45) is 6.68. The fraction of sp³-hybridized carbons (Fsp3) is 0.625. The van der Waals surface area contributed by atoms with Crippen LogP contribution in [-0.2, 0) is 0 Å². The monoisotopic (exact) mass is 176 g/mol. The van der Waals surface area contributed by atoms with Gasteiger partial charge in [-0.05, 0) is 36.0 Å². The van der Waals surface area contributed by atoms with Gasteiger partial charge in [0.2, 0.25) is 0 Å². The summed E-state index contributed by atoms with van der Waals surface area (Å²) < 4.78 is 0. The molecule has 0 rings (SSSR count). The van der Waals surface area contributed by atoms with E-state index in [2.05, 4.69) is 25.0 Å². The minimum Gasteiger partial charge on any atom is -0.196 e. The average Bonchev–Trinajstić information content (AvgIpc) is 1.87. The summed E-state index contributed by atoms with van der Waals surface area (Å²) in [5.74, 6) is 5.20. The highest BCUT2D eigenvalue weighted by Gasteiger charge is 1.90. The van der Waals surface area contributed by atoms with Crippen LogP contribution in [0, 0.1) is 0 Å². The smallest absolute Gasteiger partial charge is 0.0122 e. The lowest BCUT2D eigenvalue weighted by molar-refractivity contribution is 0.964. The van der Waals surface area contributed by atoms with Gasteiger partial charge in [-0.2, -0.15) is 10.5 Å². The van der Waals surface area contributed by atoms with Gasteiger partial charge in [-0.3, -0.25) is 0 Å². The average molecular weight is 176 g/mol. The molecule has 0 bridgehead atoms. The van der Waals surface area contributed by atoms with Crippen molar-refractivity contribution in [1.82, 2.24) is 0 Å². The molecule has 0 aromatic heterocycles. The molecule has 0 fully saturated rings. The van der Waals surface area contributed by atoms with Crippen LogP contribution in [0.2, 0.25) is 0 Å². The highest BCUT2D eigenvalue weighted by atomic mass is 32.2. The summed E-state index contributed by atoms with van der Waals surface area (Å²) in [5.41, 5.74) is 0. The Labute approximate surface area is 71.0 Å². The molecule has 0 radical (unpaired) electrons. The highest BCUT2D eigenvalue weighted by molar-refractivity contribution is 8.13. The van der Waals surface area contributed by atoms with E-state index in [0.717, 1.165) is 6.42 Å². The summed E-state index contributed by atoms with van der Waals surface area (Å²) in [5, 5.41) is 0. The molecule has 0 aliphatic rings. The van der Waals surface area contributed by atoms with Gasteiger partial charge in [0.1, 0.15) is 0 Å². The van der Waals surface area contributed by atoms with Crippen LogP contribution >= 0.6 is 22.2 Å². The van der Waals surface area contributed by atoms with E-state index in [4.69, 9.17) is 0 Å². The van der Waals surface area contributed by atoms with Crippen molar-refractivity contribution in [3.63, 3.8) is 0 Å². The third-order valence-electron chi connectivity index (χ3n) is 1.24. The fourth-order valence-electron chi connectivity index (χ4n) is 0.618. The zero-order chi connectivity index (χ0) is 7.98. The van der Waals surface area contributed by atoms with Crippen LogP contribution in [0.25, 0.3) is 0 Å². The Morgan fingerprint density at radius 2 is 2.20 bits per heavy atom. The van der Waals surface area contributed by atoms with E-state index in [9.17, 15) is 0 Å². The molecule has 0 amide bonds. The lowest BCUT2D eigenvalue weighted by atomic mass is 10.3. The molecule has 1 unspecified atom stereocenters. The Morgan fingerprint density at radius 3 is 2.60 bits per heavy atom. The molecule has 0 saturated heterocycles. The maximum atomic E-state index is 3.95. The van der Waals surface area contributed by atoms with Crippen molar-refractivity contribution in [2.24, 2.45) is 0 Å². The molecule has 0 aliphatic heterocycles. The van der Waals surface area contributed by atoms with Crippen LogP contribution in [0.4, 0.5) is 0 Å². The Kier molecular flexibility index (Phi) is 6.24. The van der Waals surface area contributed by atoms with E-state index in [0.29, 0.717) is 10.5 Å². The second-order valence-corrected chi connectivity index (χ2v) is 5.29. The fourth-order valence-corrected chi connectivity index (χ4v) is 1.60. The number of thioether (sulfide) groups is 1. The molecule has 60 valence electrons. The Balaban J connectivity index is 3.20. The first-order chi connectivity index (χ1) is 4.66. The standard InChI is InChI=1S/C8H16S2/c1-8(9-2)6-5-7-10(3)4/h1,3,5-7H2,2,4H3. The van der Waals surface area contributed by atoms with Gasteiger partial charge in [0.05, 0.1) is 0 Å². The van der Waals surface area contributed by atoms with Crippen LogP contribution < -0.4 is 0 Å². The lowest BCUT2D eigenvalue weighted by Gasteiger charge is -2.01. The van der Waals surface area contributed by atoms with Crippen LogP contribution in [0.3, 0.4) is 0 Å². The van der Waals surface area contributed by atoms with Crippen molar-refractivity contribution < 1.29 is 0 Å². The topological polar surface area (TPSA) is 0 Å². The number of hydrogen-bond acceptors (Lipinski definition) is 1. The maximum Gasteiger partial charge on any atom is -0.0122 e. The Bertz CT molecular complexity index is 127. The molecular formula is C8H16S2. The maximum absolute atomic E-state index is 3.95. The third-order valence-corrected chi connectivity index (χ3v) is 3.00. The van der Waals surface area contributed by atoms with E-state index in [1.54, 1.807) is 11.8 Å². The molecule has 10 heavy (non-hydrogen) atoms. The molecular weight excluding hydrogens is 160 g/mol. The summed E-state index contributed by atoms with van der Waals surface area (Å²) in [7, 11) is 0.366. The second kappa shape index (κ2) is 6.05. The predicted molar refractivity (Wildman–Crippen MR) is 57.4 cm³/mol. The first kappa shape index (κ1) is 10.3. The summed E-state index contributed by atoms with van der Waals surface area (Å²) in [6.45, 7) is 3.92. The largest absolute Gasteiger partial charge is 0.196 e. The van der Waals surface area contributed by atoms with Gasteiger partial charge in [-0.25, -0.2) is 0 Å². The van der Waals surface area contributed by atoms with Crippen LogP contribution in [0.15, 0.2) is 11.5 Å². The zero-order valence-electron chi connectivity index (χ0n) is 6.85. The molecule has 2 heteroatoms. The molecule has 0 nitrogen and oxygen atoms in total. The van der Waals surface area contributed by atoms with E-state index in [1.165, 1.54) is 17.1 Å². The molecule has 0 aromatic carbocycles. The number of allylic oxidation sites excluding steroid dienone is 1.